The first-order chi connectivity index (χ1) is 9.58. The van der Waals surface area contributed by atoms with Gasteiger partial charge in [-0.2, -0.15) is 10.2 Å². The molecule has 0 aromatic heterocycles. The van der Waals surface area contributed by atoms with Crippen LogP contribution in [0.15, 0.2) is 40.5 Å². The Morgan fingerprint density at radius 3 is 2.35 bits per heavy atom. The molecule has 3 heteroatoms. The largest absolute Gasteiger partial charge is 0.292 e. The fraction of sp³-hybridized carbons (Fsp3) is 0.471. The second-order valence-electron chi connectivity index (χ2n) is 5.04. The third-order valence-electron chi connectivity index (χ3n) is 3.42. The van der Waals surface area contributed by atoms with Gasteiger partial charge in [0, 0.05) is 18.1 Å². The minimum Gasteiger partial charge on any atom is -0.292 e. The molecule has 108 valence electrons. The average molecular weight is 272 g/mol. The molecule has 0 amide bonds. The zero-order valence-electron chi connectivity index (χ0n) is 12.9. The summed E-state index contributed by atoms with van der Waals surface area (Å²) in [4.78, 5) is 11.9. The van der Waals surface area contributed by atoms with E-state index >= 15 is 0 Å². The SMILES string of the molecule is CC/C(Cc1ccccc1)=N\N=C(/C)C(=O)C(C)CC. The number of ketones is 1. The summed E-state index contributed by atoms with van der Waals surface area (Å²) in [6.07, 6.45) is 2.45. The summed E-state index contributed by atoms with van der Waals surface area (Å²) in [5.41, 5.74) is 2.71. The lowest BCUT2D eigenvalue weighted by Gasteiger charge is -2.06. The van der Waals surface area contributed by atoms with Crippen molar-refractivity contribution in [2.24, 2.45) is 16.1 Å². The molecular weight excluding hydrogens is 248 g/mol. The predicted octanol–water partition coefficient (Wildman–Crippen LogP) is 4.07. The highest BCUT2D eigenvalue weighted by atomic mass is 16.1. The number of hydrogen-bond acceptors (Lipinski definition) is 3. The molecule has 1 aromatic carbocycles. The molecule has 0 aliphatic heterocycles. The third-order valence-corrected chi connectivity index (χ3v) is 3.42. The van der Waals surface area contributed by atoms with Crippen molar-refractivity contribution in [3.8, 4) is 0 Å². The van der Waals surface area contributed by atoms with Crippen molar-refractivity contribution in [3.05, 3.63) is 35.9 Å². The first-order valence-corrected chi connectivity index (χ1v) is 7.26. The smallest absolute Gasteiger partial charge is 0.181 e. The van der Waals surface area contributed by atoms with E-state index in [0.29, 0.717) is 5.71 Å². The Balaban J connectivity index is 2.77. The van der Waals surface area contributed by atoms with E-state index in [4.69, 9.17) is 0 Å². The highest BCUT2D eigenvalue weighted by Crippen LogP contribution is 2.06. The first-order valence-electron chi connectivity index (χ1n) is 7.26. The van der Waals surface area contributed by atoms with Crippen molar-refractivity contribution in [2.75, 3.05) is 0 Å². The van der Waals surface area contributed by atoms with Gasteiger partial charge in [-0.25, -0.2) is 0 Å². The van der Waals surface area contributed by atoms with E-state index in [-0.39, 0.29) is 11.7 Å². The van der Waals surface area contributed by atoms with Gasteiger partial charge in [0.1, 0.15) is 5.71 Å². The highest BCUT2D eigenvalue weighted by Gasteiger charge is 2.13. The van der Waals surface area contributed by atoms with Crippen LogP contribution in [-0.2, 0) is 11.2 Å². The maximum atomic E-state index is 11.9. The number of Topliss-reactive ketones (excluding diaryl/α,β-unsaturated/α-hetero) is 1. The lowest BCUT2D eigenvalue weighted by atomic mass is 10.0. The molecule has 20 heavy (non-hydrogen) atoms. The van der Waals surface area contributed by atoms with Crippen LogP contribution in [0.5, 0.6) is 0 Å². The normalized spacial score (nSPS) is 14.2. The van der Waals surface area contributed by atoms with Crippen molar-refractivity contribution in [2.45, 2.75) is 47.0 Å². The summed E-state index contributed by atoms with van der Waals surface area (Å²) >= 11 is 0. The molecule has 1 rings (SSSR count). The molecule has 0 bridgehead atoms. The van der Waals surface area contributed by atoms with Crippen LogP contribution >= 0.6 is 0 Å². The monoisotopic (exact) mass is 272 g/mol. The van der Waals surface area contributed by atoms with Crippen LogP contribution in [0.1, 0.15) is 46.1 Å². The van der Waals surface area contributed by atoms with Crippen LogP contribution in [0.3, 0.4) is 0 Å². The van der Waals surface area contributed by atoms with E-state index in [1.165, 1.54) is 5.56 Å². The van der Waals surface area contributed by atoms with Crippen molar-refractivity contribution in [3.63, 3.8) is 0 Å². The standard InChI is InChI=1S/C17H24N2O/c1-5-13(3)17(20)14(4)18-19-16(6-2)12-15-10-8-7-9-11-15/h7-11,13H,5-6,12H2,1-4H3/b18-14+,19-16+. The number of hydrogen-bond donors (Lipinski definition) is 0. The van der Waals surface area contributed by atoms with Crippen LogP contribution in [0.4, 0.5) is 0 Å². The second-order valence-corrected chi connectivity index (χ2v) is 5.04. The Kier molecular flexibility index (Phi) is 6.85. The van der Waals surface area contributed by atoms with Gasteiger partial charge < -0.3 is 0 Å². The number of carbonyl (C=O) groups is 1. The molecule has 0 N–H and O–H groups in total. The van der Waals surface area contributed by atoms with E-state index < -0.39 is 0 Å². The van der Waals surface area contributed by atoms with Crippen LogP contribution < -0.4 is 0 Å². The van der Waals surface area contributed by atoms with Crippen LogP contribution in [0.25, 0.3) is 0 Å². The van der Waals surface area contributed by atoms with E-state index in [1.54, 1.807) is 6.92 Å². The molecule has 0 saturated carbocycles. The van der Waals surface area contributed by atoms with Crippen LogP contribution in [-0.4, -0.2) is 17.2 Å². The van der Waals surface area contributed by atoms with Crippen LogP contribution in [0, 0.1) is 5.92 Å². The summed E-state index contributed by atoms with van der Waals surface area (Å²) in [6, 6.07) is 10.2. The van der Waals surface area contributed by atoms with Gasteiger partial charge in [-0.1, -0.05) is 51.1 Å². The summed E-state index contributed by atoms with van der Waals surface area (Å²) in [5, 5.41) is 8.37. The summed E-state index contributed by atoms with van der Waals surface area (Å²) in [5.74, 6) is 0.111. The minimum absolute atomic E-state index is 0.0214. The molecule has 0 aliphatic rings. The van der Waals surface area contributed by atoms with E-state index in [1.807, 2.05) is 32.0 Å². The van der Waals surface area contributed by atoms with Crippen LogP contribution in [0.2, 0.25) is 0 Å². The highest BCUT2D eigenvalue weighted by molar-refractivity contribution is 6.39. The van der Waals surface area contributed by atoms with Gasteiger partial charge in [-0.05, 0) is 25.3 Å². The first kappa shape index (κ1) is 16.3. The Labute approximate surface area is 121 Å². The van der Waals surface area contributed by atoms with Gasteiger partial charge >= 0.3 is 0 Å². The molecule has 1 unspecified atom stereocenters. The van der Waals surface area contributed by atoms with Gasteiger partial charge in [-0.3, -0.25) is 4.79 Å². The molecule has 0 heterocycles. The Hall–Kier alpha value is -1.77. The molecule has 1 aromatic rings. The quantitative estimate of drug-likeness (QED) is 0.545. The molecule has 0 spiro atoms. The van der Waals surface area contributed by atoms with E-state index in [9.17, 15) is 4.79 Å². The maximum absolute atomic E-state index is 11.9. The molecule has 0 fully saturated rings. The molecule has 0 radical (unpaired) electrons. The topological polar surface area (TPSA) is 41.8 Å². The number of nitrogens with zero attached hydrogens (tertiary/aromatic N) is 2. The van der Waals surface area contributed by atoms with Crippen molar-refractivity contribution >= 4 is 17.2 Å². The van der Waals surface area contributed by atoms with Gasteiger partial charge in [0.25, 0.3) is 0 Å². The Bertz CT molecular complexity index is 489. The zero-order valence-corrected chi connectivity index (χ0v) is 12.9. The Morgan fingerprint density at radius 2 is 1.80 bits per heavy atom. The summed E-state index contributed by atoms with van der Waals surface area (Å²) in [7, 11) is 0. The lowest BCUT2D eigenvalue weighted by Crippen LogP contribution is -2.18. The Morgan fingerprint density at radius 1 is 1.15 bits per heavy atom. The van der Waals surface area contributed by atoms with Gasteiger partial charge in [0.15, 0.2) is 5.78 Å². The minimum atomic E-state index is 0.0214. The predicted molar refractivity (Wildman–Crippen MR) is 85.4 cm³/mol. The summed E-state index contributed by atoms with van der Waals surface area (Å²) < 4.78 is 0. The molecule has 1 atom stereocenters. The molecule has 0 saturated heterocycles. The second kappa shape index (κ2) is 8.41. The van der Waals surface area contributed by atoms with Gasteiger partial charge in [0.05, 0.1) is 0 Å². The molecule has 3 nitrogen and oxygen atoms in total. The summed E-state index contributed by atoms with van der Waals surface area (Å²) in [6.45, 7) is 7.73. The number of rotatable bonds is 7. The number of benzene rings is 1. The van der Waals surface area contributed by atoms with Crippen molar-refractivity contribution < 1.29 is 4.79 Å². The molecule has 0 aliphatic carbocycles. The van der Waals surface area contributed by atoms with Gasteiger partial charge in [-0.15, -0.1) is 0 Å². The zero-order chi connectivity index (χ0) is 15.0. The van der Waals surface area contributed by atoms with E-state index in [2.05, 4.69) is 29.3 Å². The fourth-order valence-electron chi connectivity index (χ4n) is 1.80. The lowest BCUT2D eigenvalue weighted by molar-refractivity contribution is -0.116. The fourth-order valence-corrected chi connectivity index (χ4v) is 1.80. The van der Waals surface area contributed by atoms with Crippen molar-refractivity contribution in [1.82, 2.24) is 0 Å². The van der Waals surface area contributed by atoms with Gasteiger partial charge in [0.2, 0.25) is 0 Å². The average Bonchev–Trinajstić information content (AvgIpc) is 2.50. The van der Waals surface area contributed by atoms with Crippen molar-refractivity contribution in [1.29, 1.82) is 0 Å². The number of carbonyl (C=O) groups excluding carboxylic acids is 1. The van der Waals surface area contributed by atoms with E-state index in [0.717, 1.165) is 25.0 Å². The third kappa shape index (κ3) is 5.08. The molecular formula is C17H24N2O. The maximum Gasteiger partial charge on any atom is 0.181 e.